The van der Waals surface area contributed by atoms with Gasteiger partial charge in [0.05, 0.1) is 171 Å². The molecule has 3 aromatic carbocycles. The number of alkyl halides is 5. The number of methoxy groups -OCH3 is 6. The van der Waals surface area contributed by atoms with Crippen LogP contribution in [0.15, 0.2) is 84.9 Å². The van der Waals surface area contributed by atoms with Gasteiger partial charge in [-0.25, -0.2) is 104 Å². The van der Waals surface area contributed by atoms with Crippen LogP contribution in [-0.2, 0) is 29.9 Å². The molecule has 12 rings (SSSR count). The van der Waals surface area contributed by atoms with E-state index < -0.39 is 184 Å². The number of benzene rings is 3. The molecular weight excluding hydrogens is 2060 g/mol. The van der Waals surface area contributed by atoms with Crippen molar-refractivity contribution in [2.75, 3.05) is 77.1 Å². The number of nitrogen functional groups attached to an aromatic ring is 6. The molecule has 696 valence electrons. The fraction of sp³-hybridized carbons (Fsp3) is 0.127. The van der Waals surface area contributed by atoms with Crippen LogP contribution in [0, 0.1) is 54.8 Å². The van der Waals surface area contributed by atoms with Gasteiger partial charge in [-0.1, -0.05) is 163 Å². The van der Waals surface area contributed by atoms with Crippen LogP contribution in [0.1, 0.15) is 91.9 Å². The summed E-state index contributed by atoms with van der Waals surface area (Å²) in [6.07, 6.45) is -7.91. The van der Waals surface area contributed by atoms with Gasteiger partial charge in [0.2, 0.25) is 17.8 Å². The van der Waals surface area contributed by atoms with Gasteiger partial charge in [-0.3, -0.25) is 0 Å². The Hall–Kier alpha value is -11.6. The third kappa shape index (κ3) is 24.0. The Morgan fingerprint density at radius 2 is 0.689 bits per heavy atom. The van der Waals surface area contributed by atoms with Crippen molar-refractivity contribution in [2.24, 2.45) is 0 Å². The van der Waals surface area contributed by atoms with Gasteiger partial charge in [-0.05, 0) is 92.2 Å². The number of carbonyl (C=O) groups excluding carboxylic acids is 5. The molecule has 0 spiro atoms. The molecule has 132 heavy (non-hydrogen) atoms. The highest BCUT2D eigenvalue weighted by Crippen LogP contribution is 2.45. The van der Waals surface area contributed by atoms with Crippen LogP contribution < -0.4 is 39.1 Å². The highest BCUT2D eigenvalue weighted by Gasteiger charge is 2.36. The number of carbonyl (C=O) groups is 6. The van der Waals surface area contributed by atoms with E-state index in [-0.39, 0.29) is 102 Å². The number of carboxylic acid groups (broad SMARTS) is 1. The predicted octanol–water partition coefficient (Wildman–Crippen LogP) is 22.9. The number of nitrogens with zero attached hydrogens (tertiary/aromatic N) is 9. The van der Waals surface area contributed by atoms with Gasteiger partial charge in [-0.15, -0.1) is 0 Å². The van der Waals surface area contributed by atoms with E-state index in [9.17, 15) is 81.5 Å². The molecule has 9 aromatic heterocycles. The van der Waals surface area contributed by atoms with Crippen molar-refractivity contribution in [2.45, 2.75) is 26.4 Å². The summed E-state index contributed by atoms with van der Waals surface area (Å²) in [6.45, 7) is 3.38. The van der Waals surface area contributed by atoms with Crippen molar-refractivity contribution in [1.29, 1.82) is 0 Å². The van der Waals surface area contributed by atoms with Crippen LogP contribution in [-0.4, -0.2) is 128 Å². The highest BCUT2D eigenvalue weighted by molar-refractivity contribution is 6.49. The van der Waals surface area contributed by atoms with Crippen LogP contribution in [0.2, 0.25) is 65.4 Å². The van der Waals surface area contributed by atoms with Crippen molar-refractivity contribution in [1.82, 2.24) is 44.9 Å². The first-order valence-corrected chi connectivity index (χ1v) is 39.7. The molecule has 0 atom stereocenters. The second-order valence-electron chi connectivity index (χ2n) is 25.1. The SMILES string of the molecule is COC(=O)c1nc(-c2ccc(C(F)(F)F)nc2OC)c(F)c(N)c1Cl.COC(=O)c1nc(-c2ccc(C)nc2F)c(F)c(N)c1Cl.COC(=O)c1nc(-c2ccc(Cl)c(Cl)c2C)cc(N)c1Cl.COC(=O)c1nc(-c2ccc(Cl)c(Cl)c2Cl)c(F)c(N)c1Cl.COC(=O)c1nc(-c2ccc(Cl)nc2F)c(F)c(N)c1Cl.Nc1cc(-c2ccc(Cl)c(F)c2C(F)F)nc(C(=O)O)c1Cl. The van der Waals surface area contributed by atoms with E-state index in [0.717, 1.165) is 71.4 Å². The lowest BCUT2D eigenvalue weighted by Gasteiger charge is -2.14. The summed E-state index contributed by atoms with van der Waals surface area (Å²) >= 11 is 75.7. The first-order chi connectivity index (χ1) is 61.7. The smallest absolute Gasteiger partial charge is 0.433 e. The van der Waals surface area contributed by atoms with Crippen molar-refractivity contribution >= 4 is 221 Å². The number of pyridine rings is 9. The number of hydrogen-bond acceptors (Lipinski definition) is 27. The summed E-state index contributed by atoms with van der Waals surface area (Å²) in [5, 5.41) is 7.53. The molecule has 0 amide bonds. The normalized spacial score (nSPS) is 10.8. The zero-order valence-electron chi connectivity index (χ0n) is 66.9. The number of hydrogen-bond donors (Lipinski definition) is 7. The first-order valence-electron chi connectivity index (χ1n) is 34.8. The lowest BCUT2D eigenvalue weighted by molar-refractivity contribution is -0.141. The molecule has 13 N–H and O–H groups in total. The molecule has 0 fully saturated rings. The quantitative estimate of drug-likeness (QED) is 0.0175. The Kier molecular flexibility index (Phi) is 37.2. The Morgan fingerprint density at radius 1 is 0.356 bits per heavy atom. The monoisotopic (exact) mass is 2100 g/mol. The molecule has 0 aliphatic carbocycles. The second kappa shape index (κ2) is 45.7. The van der Waals surface area contributed by atoms with E-state index in [1.165, 1.54) is 37.4 Å². The first kappa shape index (κ1) is 107. The van der Waals surface area contributed by atoms with Gasteiger partial charge < -0.3 is 67.9 Å². The fourth-order valence-electron chi connectivity index (χ4n) is 10.5. The largest absolute Gasteiger partial charge is 0.480 e. The van der Waals surface area contributed by atoms with Gasteiger partial charge in [-0.2, -0.15) is 22.0 Å². The van der Waals surface area contributed by atoms with E-state index in [4.69, 9.17) is 195 Å². The van der Waals surface area contributed by atoms with Crippen LogP contribution in [0.3, 0.4) is 0 Å². The number of anilines is 6. The molecule has 0 radical (unpaired) electrons. The van der Waals surface area contributed by atoms with Crippen LogP contribution in [0.5, 0.6) is 5.88 Å². The molecule has 9 heterocycles. The number of halogens is 25. The average molecular weight is 2110 g/mol. The number of nitrogens with two attached hydrogens (primary N) is 6. The van der Waals surface area contributed by atoms with Crippen LogP contribution >= 0.6 is 151 Å². The maximum Gasteiger partial charge on any atom is 0.433 e. The number of aromatic nitrogens is 9. The van der Waals surface area contributed by atoms with Gasteiger partial charge in [0.25, 0.3) is 6.43 Å². The van der Waals surface area contributed by atoms with E-state index in [2.05, 4.69) is 68.5 Å². The van der Waals surface area contributed by atoms with Crippen molar-refractivity contribution < 1.29 is 115 Å². The standard InChI is InChI=1S/C14H11Cl3N2O2.C14H10ClF4N3O3.C13H7Cl4FN2O2.C13H7Cl2F3N2O2.C13H10ClF2N3O2.C12H7Cl2F2N3O2/c1-6-7(3-4-8(15)11(6)16)10-5-9(18)12(17)13(19-10)14(20)21-2;1-24-12-5(3-4-6(21-12)14(17,18)19)10-8(16)9(20)7(15)11(22-10)13(23)25-2;1-22-13(21)12-8(17)10(19)9(18)11(20-12)4-2-3-5(14)7(16)6(4)15;14-5-2-1-4(8(10(5)16)12(17)18)7-3-6(19)9(15)11(20-7)13(21)22;1-5-3-4-6(12(16)18-5)10-8(15)9(17)7(14)11(19-10)13(20)21-2;1-21-12(20)10-6(14)8(17)7(15)9(19-10)4-2-3-5(13)18-11(4)16/h3-5H,1-2H3,(H2,18,19);3-4H,1-2H3,(H2,20,22);2-3H,1H3,(H2,19,20);1-3,12H,(H2,19,20)(H,21,22);3-4H,1-2H3,(H2,17,19);2-3H,1H3,(H2,17,19). The molecule has 53 heteroatoms. The molecule has 0 unspecified atom stereocenters. The Morgan fingerprint density at radius 3 is 1.08 bits per heavy atom. The molecule has 0 saturated carbocycles. The number of ether oxygens (including phenoxy) is 6. The zero-order valence-corrected chi connectivity index (χ0v) is 76.8. The molecule has 0 saturated heterocycles. The summed E-state index contributed by atoms with van der Waals surface area (Å²) in [4.78, 5) is 102. The third-order valence-electron chi connectivity index (χ3n) is 17.0. The van der Waals surface area contributed by atoms with E-state index >= 15 is 0 Å². The minimum atomic E-state index is -4.73. The minimum absolute atomic E-state index is 0.0233. The molecule has 12 aromatic rings. The molecular formula is C79H52Cl13F12N15O13. The summed E-state index contributed by atoms with van der Waals surface area (Å²) in [5.41, 5.74) is 26.1. The summed E-state index contributed by atoms with van der Waals surface area (Å²) in [6, 6.07) is 17.7. The number of rotatable bonds is 14. The van der Waals surface area contributed by atoms with Gasteiger partial charge in [0.15, 0.2) is 63.2 Å². The van der Waals surface area contributed by atoms with Gasteiger partial charge >= 0.3 is 42.0 Å². The summed E-state index contributed by atoms with van der Waals surface area (Å²) in [5.74, 6) is -13.9. The Balaban J connectivity index is 0.000000217. The maximum atomic E-state index is 14.4. The Labute approximate surface area is 799 Å². The van der Waals surface area contributed by atoms with Crippen LogP contribution in [0.25, 0.3) is 67.5 Å². The molecule has 0 bridgehead atoms. The molecule has 28 nitrogen and oxygen atoms in total. The zero-order chi connectivity index (χ0) is 99.3. The highest BCUT2D eigenvalue weighted by atomic mass is 35.5. The van der Waals surface area contributed by atoms with Gasteiger partial charge in [0.1, 0.15) is 33.6 Å². The van der Waals surface area contributed by atoms with Gasteiger partial charge in [0, 0.05) is 22.4 Å². The maximum absolute atomic E-state index is 14.4. The second-order valence-corrected chi connectivity index (χ2v) is 30.1. The summed E-state index contributed by atoms with van der Waals surface area (Å²) < 4.78 is 190. The fourth-order valence-corrected chi connectivity index (χ4v) is 13.0. The number of aryl methyl sites for hydroxylation is 1. The van der Waals surface area contributed by atoms with Crippen molar-refractivity contribution in [3.63, 3.8) is 0 Å². The summed E-state index contributed by atoms with van der Waals surface area (Å²) in [7, 11) is 6.65. The van der Waals surface area contributed by atoms with E-state index in [0.29, 0.717) is 33.1 Å². The minimum Gasteiger partial charge on any atom is -0.480 e. The lowest BCUT2D eigenvalue weighted by atomic mass is 10.0. The van der Waals surface area contributed by atoms with Crippen LogP contribution in [0.4, 0.5) is 86.8 Å². The number of aromatic carboxylic acids is 1. The topological polar surface area (TPSA) is 450 Å². The van der Waals surface area contributed by atoms with Crippen molar-refractivity contribution in [3.8, 4) is 73.4 Å². The Bertz CT molecular complexity index is 6490. The van der Waals surface area contributed by atoms with E-state index in [1.807, 2.05) is 0 Å². The predicted molar refractivity (Wildman–Crippen MR) is 472 cm³/mol. The third-order valence-corrected chi connectivity index (χ3v) is 22.0. The van der Waals surface area contributed by atoms with E-state index in [1.54, 1.807) is 32.0 Å². The van der Waals surface area contributed by atoms with Crippen molar-refractivity contribution in [3.05, 3.63) is 248 Å². The number of carboxylic acids is 1. The molecule has 0 aliphatic heterocycles. The molecule has 0 aliphatic rings. The average Bonchev–Trinajstić information content (AvgIpc) is 0.785. The number of esters is 5. The lowest BCUT2D eigenvalue weighted by Crippen LogP contribution is -2.12.